The number of hydrogen-bond donors (Lipinski definition) is 1. The van der Waals surface area contributed by atoms with E-state index in [-0.39, 0.29) is 0 Å². The van der Waals surface area contributed by atoms with Crippen LogP contribution in [0, 0.1) is 0 Å². The van der Waals surface area contributed by atoms with Crippen LogP contribution in [0.25, 0.3) is 0 Å². The van der Waals surface area contributed by atoms with E-state index in [1.54, 1.807) is 0 Å². The van der Waals surface area contributed by atoms with Crippen LogP contribution >= 0.6 is 11.8 Å². The van der Waals surface area contributed by atoms with Crippen LogP contribution in [0.5, 0.6) is 0 Å². The molecule has 1 atom stereocenters. The van der Waals surface area contributed by atoms with Gasteiger partial charge in [-0.1, -0.05) is 6.92 Å². The van der Waals surface area contributed by atoms with Crippen LogP contribution < -0.4 is 5.32 Å². The average Bonchev–Trinajstić information content (AvgIpc) is 2.14. The first-order valence-electron chi connectivity index (χ1n) is 6.13. The Balaban J connectivity index is 2.21. The van der Waals surface area contributed by atoms with E-state index in [0.717, 1.165) is 6.54 Å². The number of rotatable bonds is 5. The Morgan fingerprint density at radius 1 is 1.47 bits per heavy atom. The van der Waals surface area contributed by atoms with Gasteiger partial charge in [-0.3, -0.25) is 0 Å². The lowest BCUT2D eigenvalue weighted by molar-refractivity contribution is 0.247. The molecule has 0 amide bonds. The van der Waals surface area contributed by atoms with Crippen LogP contribution in [0.3, 0.4) is 0 Å². The van der Waals surface area contributed by atoms with Gasteiger partial charge in [0, 0.05) is 29.6 Å². The lowest BCUT2D eigenvalue weighted by Crippen LogP contribution is -2.44. The smallest absolute Gasteiger partial charge is 0.0231 e. The molecule has 1 fully saturated rings. The van der Waals surface area contributed by atoms with Gasteiger partial charge in [-0.2, -0.15) is 11.8 Å². The number of nitrogens with zero attached hydrogens (tertiary/aromatic N) is 1. The molecule has 1 aliphatic rings. The highest BCUT2D eigenvalue weighted by atomic mass is 32.2. The zero-order valence-electron chi connectivity index (χ0n) is 10.7. The molecule has 1 saturated heterocycles. The quantitative estimate of drug-likeness (QED) is 0.779. The minimum absolute atomic E-state index is 0.458. The maximum Gasteiger partial charge on any atom is 0.0231 e. The van der Waals surface area contributed by atoms with Crippen molar-refractivity contribution in [3.63, 3.8) is 0 Å². The number of nitrogens with one attached hydrogen (secondary N) is 1. The van der Waals surface area contributed by atoms with Crippen LogP contribution in [0.2, 0.25) is 0 Å². The topological polar surface area (TPSA) is 15.3 Å². The Morgan fingerprint density at radius 2 is 2.20 bits per heavy atom. The Hall–Kier alpha value is 0.270. The van der Waals surface area contributed by atoms with Gasteiger partial charge in [-0.25, -0.2) is 0 Å². The average molecular weight is 230 g/mol. The predicted molar refractivity (Wildman–Crippen MR) is 70.7 cm³/mol. The van der Waals surface area contributed by atoms with Crippen LogP contribution in [-0.2, 0) is 0 Å². The molecule has 1 rings (SSSR count). The van der Waals surface area contributed by atoms with Crippen molar-refractivity contribution in [2.45, 2.75) is 44.9 Å². The van der Waals surface area contributed by atoms with Crippen LogP contribution in [0.15, 0.2) is 0 Å². The highest BCUT2D eigenvalue weighted by molar-refractivity contribution is 8.00. The molecule has 90 valence electrons. The molecule has 1 unspecified atom stereocenters. The molecule has 2 nitrogen and oxygen atoms in total. The fraction of sp³-hybridized carbons (Fsp3) is 1.00. The van der Waals surface area contributed by atoms with Gasteiger partial charge in [-0.15, -0.1) is 0 Å². The van der Waals surface area contributed by atoms with Crippen molar-refractivity contribution in [3.8, 4) is 0 Å². The molecule has 3 heteroatoms. The Labute approximate surface area is 99.2 Å². The Kier molecular flexibility index (Phi) is 5.44. The van der Waals surface area contributed by atoms with E-state index < -0.39 is 0 Å². The van der Waals surface area contributed by atoms with E-state index in [1.807, 2.05) is 0 Å². The Bertz CT molecular complexity index is 182. The summed E-state index contributed by atoms with van der Waals surface area (Å²) in [5.74, 6) is 1.29. The summed E-state index contributed by atoms with van der Waals surface area (Å²) in [7, 11) is 0. The zero-order valence-corrected chi connectivity index (χ0v) is 11.5. The lowest BCUT2D eigenvalue weighted by Gasteiger charge is -2.38. The third kappa shape index (κ3) is 5.23. The van der Waals surface area contributed by atoms with Crippen molar-refractivity contribution in [2.75, 3.05) is 31.9 Å². The fourth-order valence-electron chi connectivity index (χ4n) is 2.13. The van der Waals surface area contributed by atoms with E-state index in [4.69, 9.17) is 0 Å². The van der Waals surface area contributed by atoms with Crippen LogP contribution in [0.1, 0.15) is 34.1 Å². The van der Waals surface area contributed by atoms with Crippen molar-refractivity contribution in [1.29, 1.82) is 0 Å². The maximum absolute atomic E-state index is 3.47. The summed E-state index contributed by atoms with van der Waals surface area (Å²) in [5.41, 5.74) is 0. The number of thioether (sulfide) groups is 1. The molecule has 1 N–H and O–H groups in total. The monoisotopic (exact) mass is 230 g/mol. The van der Waals surface area contributed by atoms with Crippen molar-refractivity contribution >= 4 is 11.8 Å². The zero-order chi connectivity index (χ0) is 11.3. The molecule has 15 heavy (non-hydrogen) atoms. The molecule has 0 bridgehead atoms. The molecule has 0 aliphatic carbocycles. The molecule has 0 spiro atoms. The van der Waals surface area contributed by atoms with E-state index >= 15 is 0 Å². The summed E-state index contributed by atoms with van der Waals surface area (Å²) < 4.78 is 0.458. The van der Waals surface area contributed by atoms with Gasteiger partial charge < -0.3 is 10.2 Å². The van der Waals surface area contributed by atoms with E-state index in [1.165, 1.54) is 31.8 Å². The largest absolute Gasteiger partial charge is 0.314 e. The molecule has 0 aromatic rings. The first-order chi connectivity index (χ1) is 7.03. The van der Waals surface area contributed by atoms with Crippen molar-refractivity contribution in [2.24, 2.45) is 0 Å². The van der Waals surface area contributed by atoms with Crippen molar-refractivity contribution in [3.05, 3.63) is 0 Å². The first kappa shape index (κ1) is 13.3. The second kappa shape index (κ2) is 6.12. The second-order valence-corrected chi connectivity index (χ2v) is 6.93. The minimum Gasteiger partial charge on any atom is -0.314 e. The standard InChI is InChI=1S/C12H26N2S/c1-5-13-11(2)6-7-14-8-9-15-12(3,4)10-14/h11,13H,5-10H2,1-4H3. The molecule has 0 saturated carbocycles. The van der Waals surface area contributed by atoms with Gasteiger partial charge >= 0.3 is 0 Å². The summed E-state index contributed by atoms with van der Waals surface area (Å²) in [6.07, 6.45) is 1.27. The normalized spacial score (nSPS) is 24.0. The third-order valence-electron chi connectivity index (χ3n) is 2.94. The Morgan fingerprint density at radius 3 is 2.80 bits per heavy atom. The van der Waals surface area contributed by atoms with Gasteiger partial charge in [-0.05, 0) is 40.3 Å². The summed E-state index contributed by atoms with van der Waals surface area (Å²) in [4.78, 5) is 2.62. The van der Waals surface area contributed by atoms with E-state index in [0.29, 0.717) is 10.8 Å². The highest BCUT2D eigenvalue weighted by Gasteiger charge is 2.26. The molecule has 0 aromatic heterocycles. The van der Waals surface area contributed by atoms with Crippen molar-refractivity contribution < 1.29 is 0 Å². The molecule has 1 heterocycles. The SMILES string of the molecule is CCNC(C)CCN1CCSC(C)(C)C1. The second-order valence-electron chi connectivity index (χ2n) is 5.13. The lowest BCUT2D eigenvalue weighted by atomic mass is 10.1. The molecule has 0 radical (unpaired) electrons. The molecular formula is C12H26N2S. The summed E-state index contributed by atoms with van der Waals surface area (Å²) in [6.45, 7) is 14.0. The predicted octanol–water partition coefficient (Wildman–Crippen LogP) is 2.20. The molecule has 0 aromatic carbocycles. The van der Waals surface area contributed by atoms with Gasteiger partial charge in [0.05, 0.1) is 0 Å². The minimum atomic E-state index is 0.458. The third-order valence-corrected chi connectivity index (χ3v) is 4.23. The van der Waals surface area contributed by atoms with Gasteiger partial charge in [0.2, 0.25) is 0 Å². The molecule has 1 aliphatic heterocycles. The molecular weight excluding hydrogens is 204 g/mol. The summed E-state index contributed by atoms with van der Waals surface area (Å²) in [6, 6.07) is 0.660. The summed E-state index contributed by atoms with van der Waals surface area (Å²) in [5, 5.41) is 3.47. The van der Waals surface area contributed by atoms with E-state index in [9.17, 15) is 0 Å². The van der Waals surface area contributed by atoms with E-state index in [2.05, 4.69) is 49.7 Å². The first-order valence-corrected chi connectivity index (χ1v) is 7.12. The summed E-state index contributed by atoms with van der Waals surface area (Å²) >= 11 is 2.11. The fourth-order valence-corrected chi connectivity index (χ4v) is 3.31. The van der Waals surface area contributed by atoms with Gasteiger partial charge in [0.15, 0.2) is 0 Å². The van der Waals surface area contributed by atoms with Gasteiger partial charge in [0.1, 0.15) is 0 Å². The van der Waals surface area contributed by atoms with Crippen molar-refractivity contribution in [1.82, 2.24) is 10.2 Å². The van der Waals surface area contributed by atoms with Crippen LogP contribution in [0.4, 0.5) is 0 Å². The maximum atomic E-state index is 3.47. The number of hydrogen-bond acceptors (Lipinski definition) is 3. The van der Waals surface area contributed by atoms with Gasteiger partial charge in [0.25, 0.3) is 0 Å². The highest BCUT2D eigenvalue weighted by Crippen LogP contribution is 2.29. The van der Waals surface area contributed by atoms with Crippen LogP contribution in [-0.4, -0.2) is 47.6 Å².